The van der Waals surface area contributed by atoms with E-state index < -0.39 is 0 Å². The molecule has 0 aliphatic heterocycles. The topological polar surface area (TPSA) is 47.6 Å². The maximum atomic E-state index is 11.8. The van der Waals surface area contributed by atoms with E-state index in [2.05, 4.69) is 5.32 Å². The zero-order valence-corrected chi connectivity index (χ0v) is 11.3. The third-order valence-corrected chi connectivity index (χ3v) is 2.34. The first-order valence-corrected chi connectivity index (χ1v) is 6.40. The minimum Gasteiger partial charge on any atom is -0.490 e. The number of nitrogens with one attached hydrogen (secondary N) is 1. The lowest BCUT2D eigenvalue weighted by Gasteiger charge is -2.12. The molecule has 0 saturated carbocycles. The maximum absolute atomic E-state index is 11.8. The van der Waals surface area contributed by atoms with Crippen LogP contribution in [0.3, 0.4) is 0 Å². The Morgan fingerprint density at radius 1 is 1.11 bits per heavy atom. The molecule has 0 saturated heterocycles. The lowest BCUT2D eigenvalue weighted by molar-refractivity contribution is 0.0953. The molecule has 0 unspecified atom stereocenters. The Balaban J connectivity index is 2.87. The first kappa shape index (κ1) is 14.4. The Kier molecular flexibility index (Phi) is 6.05. The van der Waals surface area contributed by atoms with Gasteiger partial charge in [0.05, 0.1) is 13.2 Å². The van der Waals surface area contributed by atoms with Crippen LogP contribution < -0.4 is 14.8 Å². The maximum Gasteiger partial charge on any atom is 0.251 e. The van der Waals surface area contributed by atoms with Gasteiger partial charge < -0.3 is 14.8 Å². The summed E-state index contributed by atoms with van der Waals surface area (Å²) in [4.78, 5) is 11.8. The molecule has 1 N–H and O–H groups in total. The quantitative estimate of drug-likeness (QED) is 0.810. The second-order valence-corrected chi connectivity index (χ2v) is 3.78. The molecule has 0 spiro atoms. The van der Waals surface area contributed by atoms with E-state index in [0.717, 1.165) is 6.42 Å². The normalized spacial score (nSPS) is 9.94. The average molecular weight is 251 g/mol. The first-order chi connectivity index (χ1) is 8.72. The lowest BCUT2D eigenvalue weighted by atomic mass is 10.2. The third kappa shape index (κ3) is 3.95. The van der Waals surface area contributed by atoms with E-state index in [1.165, 1.54) is 0 Å². The first-order valence-electron chi connectivity index (χ1n) is 6.40. The van der Waals surface area contributed by atoms with Crippen LogP contribution in [0.5, 0.6) is 11.5 Å². The highest BCUT2D eigenvalue weighted by Gasteiger charge is 2.10. The zero-order chi connectivity index (χ0) is 13.4. The molecule has 0 bridgehead atoms. The van der Waals surface area contributed by atoms with Crippen molar-refractivity contribution in [2.24, 2.45) is 0 Å². The van der Waals surface area contributed by atoms with E-state index in [1.54, 1.807) is 18.2 Å². The van der Waals surface area contributed by atoms with Gasteiger partial charge in [0.1, 0.15) is 0 Å². The predicted octanol–water partition coefficient (Wildman–Crippen LogP) is 2.62. The van der Waals surface area contributed by atoms with Gasteiger partial charge in [-0.3, -0.25) is 4.79 Å². The highest BCUT2D eigenvalue weighted by molar-refractivity contribution is 5.94. The van der Waals surface area contributed by atoms with Crippen molar-refractivity contribution >= 4 is 5.91 Å². The van der Waals surface area contributed by atoms with Crippen LogP contribution in [0.25, 0.3) is 0 Å². The van der Waals surface area contributed by atoms with E-state index in [9.17, 15) is 4.79 Å². The smallest absolute Gasteiger partial charge is 0.251 e. The van der Waals surface area contributed by atoms with Gasteiger partial charge in [0.2, 0.25) is 0 Å². The Morgan fingerprint density at radius 2 is 1.78 bits per heavy atom. The van der Waals surface area contributed by atoms with Crippen molar-refractivity contribution in [2.45, 2.75) is 27.2 Å². The van der Waals surface area contributed by atoms with Crippen molar-refractivity contribution in [2.75, 3.05) is 19.8 Å². The van der Waals surface area contributed by atoms with Crippen molar-refractivity contribution in [3.05, 3.63) is 23.8 Å². The fraction of sp³-hybridized carbons (Fsp3) is 0.500. The van der Waals surface area contributed by atoms with Crippen LogP contribution in [0, 0.1) is 0 Å². The molecule has 18 heavy (non-hydrogen) atoms. The number of hydrogen-bond donors (Lipinski definition) is 1. The lowest BCUT2D eigenvalue weighted by Crippen LogP contribution is -2.23. The van der Waals surface area contributed by atoms with Gasteiger partial charge in [-0.25, -0.2) is 0 Å². The van der Waals surface area contributed by atoms with Crippen LogP contribution >= 0.6 is 0 Å². The van der Waals surface area contributed by atoms with Gasteiger partial charge in [-0.1, -0.05) is 6.92 Å². The van der Waals surface area contributed by atoms with Gasteiger partial charge in [0.15, 0.2) is 11.5 Å². The Hall–Kier alpha value is -1.71. The molecule has 4 nitrogen and oxygen atoms in total. The standard InChI is InChI=1S/C14H21NO3/c1-4-9-15-14(16)11-7-8-12(17-5-2)13(10-11)18-6-3/h7-8,10H,4-6,9H2,1-3H3,(H,15,16). The number of benzene rings is 1. The minimum absolute atomic E-state index is 0.0825. The number of carbonyl (C=O) groups is 1. The molecule has 100 valence electrons. The van der Waals surface area contributed by atoms with Crippen LogP contribution in [0.15, 0.2) is 18.2 Å². The third-order valence-electron chi connectivity index (χ3n) is 2.34. The van der Waals surface area contributed by atoms with Crippen LogP contribution in [0.1, 0.15) is 37.6 Å². The number of carbonyl (C=O) groups excluding carboxylic acids is 1. The van der Waals surface area contributed by atoms with Gasteiger partial charge in [-0.2, -0.15) is 0 Å². The summed E-state index contributed by atoms with van der Waals surface area (Å²) < 4.78 is 10.9. The van der Waals surface area contributed by atoms with E-state index >= 15 is 0 Å². The van der Waals surface area contributed by atoms with Gasteiger partial charge in [0, 0.05) is 12.1 Å². The monoisotopic (exact) mass is 251 g/mol. The molecular weight excluding hydrogens is 230 g/mol. The second-order valence-electron chi connectivity index (χ2n) is 3.78. The van der Waals surface area contributed by atoms with Crippen LogP contribution in [-0.2, 0) is 0 Å². The minimum atomic E-state index is -0.0825. The van der Waals surface area contributed by atoms with E-state index in [-0.39, 0.29) is 5.91 Å². The molecule has 1 aromatic carbocycles. The van der Waals surface area contributed by atoms with Crippen molar-refractivity contribution < 1.29 is 14.3 Å². The summed E-state index contributed by atoms with van der Waals surface area (Å²) in [5.41, 5.74) is 0.593. The highest BCUT2D eigenvalue weighted by Crippen LogP contribution is 2.28. The summed E-state index contributed by atoms with van der Waals surface area (Å²) in [6.07, 6.45) is 0.918. The highest BCUT2D eigenvalue weighted by atomic mass is 16.5. The Morgan fingerprint density at radius 3 is 2.39 bits per heavy atom. The molecule has 1 aromatic rings. The molecule has 1 amide bonds. The van der Waals surface area contributed by atoms with Gasteiger partial charge in [0.25, 0.3) is 5.91 Å². The fourth-order valence-corrected chi connectivity index (χ4v) is 1.53. The predicted molar refractivity (Wildman–Crippen MR) is 71.4 cm³/mol. The van der Waals surface area contributed by atoms with Crippen LogP contribution in [0.2, 0.25) is 0 Å². The zero-order valence-electron chi connectivity index (χ0n) is 11.3. The number of rotatable bonds is 7. The second kappa shape index (κ2) is 7.58. The fourth-order valence-electron chi connectivity index (χ4n) is 1.53. The number of amides is 1. The van der Waals surface area contributed by atoms with Gasteiger partial charge >= 0.3 is 0 Å². The SMILES string of the molecule is CCCNC(=O)c1ccc(OCC)c(OCC)c1. The average Bonchev–Trinajstić information content (AvgIpc) is 2.38. The molecular formula is C14H21NO3. The summed E-state index contributed by atoms with van der Waals surface area (Å²) in [6.45, 7) is 7.62. The molecule has 0 aliphatic carbocycles. The summed E-state index contributed by atoms with van der Waals surface area (Å²) in [5, 5.41) is 2.83. The Labute approximate surface area is 108 Å². The van der Waals surface area contributed by atoms with E-state index in [0.29, 0.717) is 36.8 Å². The molecule has 0 radical (unpaired) electrons. The van der Waals surface area contributed by atoms with Gasteiger partial charge in [-0.05, 0) is 38.5 Å². The molecule has 0 aromatic heterocycles. The van der Waals surface area contributed by atoms with Crippen molar-refractivity contribution in [1.29, 1.82) is 0 Å². The molecule has 4 heteroatoms. The van der Waals surface area contributed by atoms with Crippen molar-refractivity contribution in [1.82, 2.24) is 5.32 Å². The molecule has 0 atom stereocenters. The molecule has 1 rings (SSSR count). The van der Waals surface area contributed by atoms with Crippen LogP contribution in [-0.4, -0.2) is 25.7 Å². The number of hydrogen-bond acceptors (Lipinski definition) is 3. The number of ether oxygens (including phenoxy) is 2. The Bertz CT molecular complexity index is 391. The molecule has 0 heterocycles. The van der Waals surface area contributed by atoms with Gasteiger partial charge in [-0.15, -0.1) is 0 Å². The molecule has 0 aliphatic rings. The van der Waals surface area contributed by atoms with E-state index in [1.807, 2.05) is 20.8 Å². The van der Waals surface area contributed by atoms with Crippen molar-refractivity contribution in [3.8, 4) is 11.5 Å². The summed E-state index contributed by atoms with van der Waals surface area (Å²) >= 11 is 0. The molecule has 0 fully saturated rings. The van der Waals surface area contributed by atoms with Crippen molar-refractivity contribution in [3.63, 3.8) is 0 Å². The largest absolute Gasteiger partial charge is 0.490 e. The summed E-state index contributed by atoms with van der Waals surface area (Å²) in [6, 6.07) is 5.24. The summed E-state index contributed by atoms with van der Waals surface area (Å²) in [5.74, 6) is 1.20. The van der Waals surface area contributed by atoms with Crippen LogP contribution in [0.4, 0.5) is 0 Å². The van der Waals surface area contributed by atoms with E-state index in [4.69, 9.17) is 9.47 Å². The summed E-state index contributed by atoms with van der Waals surface area (Å²) in [7, 11) is 0.